The van der Waals surface area contributed by atoms with E-state index < -0.39 is 11.7 Å². The number of ketones is 1. The van der Waals surface area contributed by atoms with Crippen LogP contribution in [-0.4, -0.2) is 25.9 Å². The lowest BCUT2D eigenvalue weighted by Gasteiger charge is -2.23. The maximum absolute atomic E-state index is 11.8. The monoisotopic (exact) mass is 195 g/mol. The highest BCUT2D eigenvalue weighted by Gasteiger charge is 2.34. The molecule has 0 atom stereocenters. The van der Waals surface area contributed by atoms with E-state index in [2.05, 4.69) is 0 Å². The van der Waals surface area contributed by atoms with Crippen LogP contribution in [0.5, 0.6) is 0 Å². The van der Waals surface area contributed by atoms with Crippen molar-refractivity contribution < 1.29 is 14.3 Å². The first-order chi connectivity index (χ1) is 6.64. The maximum Gasteiger partial charge on any atom is 0.292 e. The van der Waals surface area contributed by atoms with E-state index in [0.29, 0.717) is 5.56 Å². The molecule has 1 rings (SSSR count). The largest absolute Gasteiger partial charge is 0.335 e. The summed E-state index contributed by atoms with van der Waals surface area (Å²) in [7, 11) is 2.65. The molecule has 0 amide bonds. The molecule has 0 aromatic heterocycles. The molecule has 4 heteroatoms. The molecule has 0 aliphatic rings. The van der Waals surface area contributed by atoms with Gasteiger partial charge in [0.05, 0.1) is 0 Å². The summed E-state index contributed by atoms with van der Waals surface area (Å²) in [5.74, 6) is -2.09. The Balaban J connectivity index is 2.95. The van der Waals surface area contributed by atoms with Crippen LogP contribution in [0.15, 0.2) is 30.3 Å². The summed E-state index contributed by atoms with van der Waals surface area (Å²) in [6.45, 7) is 0. The topological polar surface area (TPSA) is 61.6 Å². The number of nitrogens with two attached hydrogens (primary N) is 1. The number of hydrogen-bond donors (Lipinski definition) is 1. The summed E-state index contributed by atoms with van der Waals surface area (Å²) in [6, 6.07) is 8.62. The number of benzene rings is 1. The Kier molecular flexibility index (Phi) is 3.35. The van der Waals surface area contributed by atoms with E-state index in [9.17, 15) is 4.79 Å². The van der Waals surface area contributed by atoms with Gasteiger partial charge in [-0.1, -0.05) is 30.3 Å². The van der Waals surface area contributed by atoms with E-state index in [0.717, 1.165) is 0 Å². The number of hydrogen-bond acceptors (Lipinski definition) is 4. The molecule has 0 bridgehead atoms. The second-order valence-corrected chi connectivity index (χ2v) is 2.77. The molecule has 14 heavy (non-hydrogen) atoms. The molecule has 2 N–H and O–H groups in total. The fraction of sp³-hybridized carbons (Fsp3) is 0.300. The molecule has 0 aliphatic heterocycles. The Bertz CT molecular complexity index is 306. The highest BCUT2D eigenvalue weighted by Crippen LogP contribution is 2.12. The van der Waals surface area contributed by atoms with Crippen molar-refractivity contribution in [3.8, 4) is 0 Å². The van der Waals surface area contributed by atoms with Gasteiger partial charge in [-0.25, -0.2) is 0 Å². The predicted molar refractivity (Wildman–Crippen MR) is 51.7 cm³/mol. The summed E-state index contributed by atoms with van der Waals surface area (Å²) in [6.07, 6.45) is 0. The van der Waals surface area contributed by atoms with E-state index in [-0.39, 0.29) is 0 Å². The van der Waals surface area contributed by atoms with Gasteiger partial charge >= 0.3 is 0 Å². The van der Waals surface area contributed by atoms with Gasteiger partial charge < -0.3 is 9.47 Å². The number of carbonyl (C=O) groups excluding carboxylic acids is 1. The van der Waals surface area contributed by atoms with Gasteiger partial charge in [0.1, 0.15) is 0 Å². The van der Waals surface area contributed by atoms with Gasteiger partial charge in [-0.15, -0.1) is 0 Å². The van der Waals surface area contributed by atoms with Gasteiger partial charge in [-0.3, -0.25) is 10.5 Å². The minimum absolute atomic E-state index is 0.400. The second kappa shape index (κ2) is 4.32. The second-order valence-electron chi connectivity index (χ2n) is 2.77. The quantitative estimate of drug-likeness (QED) is 0.569. The molecule has 0 saturated heterocycles. The molecule has 76 valence electrons. The fourth-order valence-electron chi connectivity index (χ4n) is 1.06. The van der Waals surface area contributed by atoms with Crippen LogP contribution in [0.25, 0.3) is 0 Å². The zero-order chi connectivity index (χ0) is 10.6. The summed E-state index contributed by atoms with van der Waals surface area (Å²) in [5, 5.41) is 0. The van der Waals surface area contributed by atoms with Crippen molar-refractivity contribution in [1.82, 2.24) is 0 Å². The number of rotatable bonds is 4. The molecule has 0 spiro atoms. The van der Waals surface area contributed by atoms with E-state index in [1.165, 1.54) is 14.2 Å². The molecule has 0 radical (unpaired) electrons. The summed E-state index contributed by atoms with van der Waals surface area (Å²) >= 11 is 0. The first-order valence-corrected chi connectivity index (χ1v) is 4.13. The van der Waals surface area contributed by atoms with Crippen LogP contribution in [0, 0.1) is 0 Å². The Hall–Kier alpha value is -1.23. The van der Waals surface area contributed by atoms with Crippen LogP contribution in [0.1, 0.15) is 10.4 Å². The molecule has 0 unspecified atom stereocenters. The number of carbonyl (C=O) groups is 1. The van der Waals surface area contributed by atoms with Crippen LogP contribution < -0.4 is 5.73 Å². The van der Waals surface area contributed by atoms with Gasteiger partial charge in [0, 0.05) is 19.8 Å². The van der Waals surface area contributed by atoms with Crippen molar-refractivity contribution in [2.45, 2.75) is 5.91 Å². The normalized spacial score (nSPS) is 11.4. The van der Waals surface area contributed by atoms with Crippen LogP contribution >= 0.6 is 0 Å². The van der Waals surface area contributed by atoms with Crippen LogP contribution in [0.2, 0.25) is 0 Å². The minimum Gasteiger partial charge on any atom is -0.335 e. The third-order valence-corrected chi connectivity index (χ3v) is 1.96. The molecule has 0 saturated carbocycles. The van der Waals surface area contributed by atoms with Crippen molar-refractivity contribution in [3.63, 3.8) is 0 Å². The summed E-state index contributed by atoms with van der Waals surface area (Å²) in [4.78, 5) is 11.8. The fourth-order valence-corrected chi connectivity index (χ4v) is 1.06. The molecule has 0 heterocycles. The van der Waals surface area contributed by atoms with E-state index in [4.69, 9.17) is 15.2 Å². The van der Waals surface area contributed by atoms with Gasteiger partial charge in [0.15, 0.2) is 0 Å². The van der Waals surface area contributed by atoms with Crippen LogP contribution in [0.4, 0.5) is 0 Å². The zero-order valence-electron chi connectivity index (χ0n) is 8.19. The minimum atomic E-state index is -1.69. The molecule has 1 aromatic rings. The third kappa shape index (κ3) is 1.98. The summed E-state index contributed by atoms with van der Waals surface area (Å²) in [5.41, 5.74) is 6.04. The standard InChI is InChI=1S/C10H13NO3/c1-13-10(11,14-2)9(12)8-6-4-3-5-7-8/h3-7H,11H2,1-2H3. The number of Topliss-reactive ketones (excluding diaryl/α,β-unsaturated/α-hetero) is 1. The Morgan fingerprint density at radius 3 is 2.14 bits per heavy atom. The zero-order valence-corrected chi connectivity index (χ0v) is 8.19. The lowest BCUT2D eigenvalue weighted by molar-refractivity contribution is -0.164. The molecular formula is C10H13NO3. The van der Waals surface area contributed by atoms with Crippen LogP contribution in [0.3, 0.4) is 0 Å². The highest BCUT2D eigenvalue weighted by atomic mass is 16.7. The maximum atomic E-state index is 11.8. The highest BCUT2D eigenvalue weighted by molar-refractivity contribution is 6.01. The predicted octanol–water partition coefficient (Wildman–Crippen LogP) is 0.775. The van der Waals surface area contributed by atoms with Crippen molar-refractivity contribution >= 4 is 5.78 Å². The van der Waals surface area contributed by atoms with Crippen molar-refractivity contribution in [1.29, 1.82) is 0 Å². The molecule has 1 aromatic carbocycles. The average molecular weight is 195 g/mol. The van der Waals surface area contributed by atoms with Gasteiger partial charge in [0.2, 0.25) is 5.78 Å². The SMILES string of the molecule is COC(N)(OC)C(=O)c1ccccc1. The molecular weight excluding hydrogens is 182 g/mol. The Morgan fingerprint density at radius 2 is 1.71 bits per heavy atom. The van der Waals surface area contributed by atoms with Gasteiger partial charge in [-0.2, -0.15) is 0 Å². The first-order valence-electron chi connectivity index (χ1n) is 4.13. The molecule has 4 nitrogen and oxygen atoms in total. The third-order valence-electron chi connectivity index (χ3n) is 1.96. The number of methoxy groups -OCH3 is 2. The van der Waals surface area contributed by atoms with Gasteiger partial charge in [-0.05, 0) is 0 Å². The first kappa shape index (κ1) is 10.8. The van der Waals surface area contributed by atoms with Crippen molar-refractivity contribution in [2.24, 2.45) is 5.73 Å². The van der Waals surface area contributed by atoms with Crippen molar-refractivity contribution in [2.75, 3.05) is 14.2 Å². The average Bonchev–Trinajstić information content (AvgIpc) is 2.28. The Morgan fingerprint density at radius 1 is 1.21 bits per heavy atom. The molecule has 0 fully saturated rings. The smallest absolute Gasteiger partial charge is 0.292 e. The molecule has 0 aliphatic carbocycles. The van der Waals surface area contributed by atoms with E-state index in [1.54, 1.807) is 24.3 Å². The summed E-state index contributed by atoms with van der Waals surface area (Å²) < 4.78 is 9.62. The lowest BCUT2D eigenvalue weighted by atomic mass is 10.1. The lowest BCUT2D eigenvalue weighted by Crippen LogP contribution is -2.51. The Labute approximate surface area is 82.6 Å². The van der Waals surface area contributed by atoms with Crippen LogP contribution in [-0.2, 0) is 9.47 Å². The van der Waals surface area contributed by atoms with E-state index >= 15 is 0 Å². The van der Waals surface area contributed by atoms with E-state index in [1.807, 2.05) is 6.07 Å². The number of ether oxygens (including phenoxy) is 2. The van der Waals surface area contributed by atoms with Crippen molar-refractivity contribution in [3.05, 3.63) is 35.9 Å². The van der Waals surface area contributed by atoms with Gasteiger partial charge in [0.25, 0.3) is 5.91 Å².